The highest BCUT2D eigenvalue weighted by Crippen LogP contribution is 2.32. The zero-order valence-electron chi connectivity index (χ0n) is 13.5. The van der Waals surface area contributed by atoms with Crippen molar-refractivity contribution in [2.24, 2.45) is 0 Å². The lowest BCUT2D eigenvalue weighted by Crippen LogP contribution is -2.03. The van der Waals surface area contributed by atoms with E-state index in [-0.39, 0.29) is 6.79 Å². The minimum Gasteiger partial charge on any atom is -0.478 e. The molecule has 0 amide bonds. The van der Waals surface area contributed by atoms with Gasteiger partial charge in [-0.3, -0.25) is 0 Å². The number of hydrogen-bond donors (Lipinski definition) is 1. The molecule has 0 bridgehead atoms. The van der Waals surface area contributed by atoms with E-state index in [1.54, 1.807) is 7.11 Å². The summed E-state index contributed by atoms with van der Waals surface area (Å²) in [4.78, 5) is 11.3. The molecule has 0 radical (unpaired) electrons. The van der Waals surface area contributed by atoms with Gasteiger partial charge >= 0.3 is 5.97 Å². The summed E-state index contributed by atoms with van der Waals surface area (Å²) in [6, 6.07) is 13.4. The van der Waals surface area contributed by atoms with Crippen LogP contribution >= 0.6 is 0 Å². The number of ether oxygens (including phenoxy) is 2. The van der Waals surface area contributed by atoms with Gasteiger partial charge in [-0.05, 0) is 37.1 Å². The lowest BCUT2D eigenvalue weighted by atomic mass is 9.95. The van der Waals surface area contributed by atoms with Crippen LogP contribution in [0.2, 0.25) is 0 Å². The second-order valence-corrected chi connectivity index (χ2v) is 5.31. The molecule has 2 aromatic rings. The second-order valence-electron chi connectivity index (χ2n) is 5.31. The Hall–Kier alpha value is -2.59. The van der Waals surface area contributed by atoms with Gasteiger partial charge in [0.25, 0.3) is 0 Å². The molecule has 0 aromatic heterocycles. The van der Waals surface area contributed by atoms with Crippen LogP contribution in [0.3, 0.4) is 0 Å². The number of benzene rings is 2. The van der Waals surface area contributed by atoms with Crippen LogP contribution in [0.1, 0.15) is 22.3 Å². The summed E-state index contributed by atoms with van der Waals surface area (Å²) in [5, 5.41) is 9.26. The Labute approximate surface area is 136 Å². The van der Waals surface area contributed by atoms with Crippen molar-refractivity contribution in [2.45, 2.75) is 13.8 Å². The Morgan fingerprint density at radius 3 is 2.35 bits per heavy atom. The quantitative estimate of drug-likeness (QED) is 0.651. The summed E-state index contributed by atoms with van der Waals surface area (Å²) >= 11 is 0. The van der Waals surface area contributed by atoms with Gasteiger partial charge in [0.05, 0.1) is 0 Å². The number of aliphatic carboxylic acids is 1. The molecule has 120 valence electrons. The molecular weight excluding hydrogens is 292 g/mol. The number of carboxylic acid groups (broad SMARTS) is 1. The van der Waals surface area contributed by atoms with E-state index in [0.29, 0.717) is 11.3 Å². The van der Waals surface area contributed by atoms with Crippen LogP contribution in [0.25, 0.3) is 5.57 Å². The molecule has 2 rings (SSSR count). The van der Waals surface area contributed by atoms with E-state index in [2.05, 4.69) is 0 Å². The lowest BCUT2D eigenvalue weighted by molar-refractivity contribution is -0.131. The molecule has 0 aliphatic carbocycles. The number of rotatable bonds is 6. The predicted molar refractivity (Wildman–Crippen MR) is 89.6 cm³/mol. The minimum atomic E-state index is -1.00. The molecule has 0 atom stereocenters. The Morgan fingerprint density at radius 2 is 1.74 bits per heavy atom. The highest BCUT2D eigenvalue weighted by molar-refractivity contribution is 5.96. The van der Waals surface area contributed by atoms with Gasteiger partial charge in [-0.15, -0.1) is 0 Å². The van der Waals surface area contributed by atoms with Gasteiger partial charge in [0.1, 0.15) is 5.75 Å². The number of aryl methyl sites for hydroxylation is 2. The standard InChI is InChI=1S/C19H20O4/c1-13-4-7-15(8-5-13)16(11-19(20)21)17-10-14(2)6-9-18(17)23-12-22-3/h4-11H,12H2,1-3H3,(H,20,21). The molecule has 4 heteroatoms. The summed E-state index contributed by atoms with van der Waals surface area (Å²) in [5.41, 5.74) is 4.29. The summed E-state index contributed by atoms with van der Waals surface area (Å²) in [5.74, 6) is -0.412. The van der Waals surface area contributed by atoms with Crippen LogP contribution in [-0.4, -0.2) is 25.0 Å². The Morgan fingerprint density at radius 1 is 1.09 bits per heavy atom. The average Bonchev–Trinajstić information content (AvgIpc) is 2.52. The van der Waals surface area contributed by atoms with Crippen molar-refractivity contribution in [2.75, 3.05) is 13.9 Å². The first kappa shape index (κ1) is 16.8. The zero-order valence-corrected chi connectivity index (χ0v) is 13.5. The molecule has 0 unspecified atom stereocenters. The normalized spacial score (nSPS) is 11.3. The molecule has 0 aliphatic rings. The molecule has 0 fully saturated rings. The van der Waals surface area contributed by atoms with E-state index in [1.165, 1.54) is 6.08 Å². The Bertz CT molecular complexity index is 715. The Kier molecular flexibility index (Phi) is 5.55. The van der Waals surface area contributed by atoms with E-state index >= 15 is 0 Å². The third-order valence-corrected chi connectivity index (χ3v) is 3.39. The van der Waals surface area contributed by atoms with Crippen LogP contribution in [0.15, 0.2) is 48.5 Å². The summed E-state index contributed by atoms with van der Waals surface area (Å²) < 4.78 is 10.5. The van der Waals surface area contributed by atoms with Gasteiger partial charge in [0.15, 0.2) is 6.79 Å². The fraction of sp³-hybridized carbons (Fsp3) is 0.211. The number of hydrogen-bond acceptors (Lipinski definition) is 3. The molecule has 4 nitrogen and oxygen atoms in total. The molecule has 23 heavy (non-hydrogen) atoms. The van der Waals surface area contributed by atoms with E-state index in [9.17, 15) is 9.90 Å². The maximum absolute atomic E-state index is 11.3. The summed E-state index contributed by atoms with van der Waals surface area (Å²) in [6.07, 6.45) is 1.21. The molecule has 0 aliphatic heterocycles. The molecular formula is C19H20O4. The van der Waals surface area contributed by atoms with Gasteiger partial charge < -0.3 is 14.6 Å². The van der Waals surface area contributed by atoms with E-state index in [1.807, 2.05) is 56.3 Å². The van der Waals surface area contributed by atoms with Gasteiger partial charge in [-0.2, -0.15) is 0 Å². The third kappa shape index (κ3) is 4.44. The van der Waals surface area contributed by atoms with Gasteiger partial charge in [0.2, 0.25) is 0 Å². The van der Waals surface area contributed by atoms with Crippen molar-refractivity contribution in [3.63, 3.8) is 0 Å². The monoisotopic (exact) mass is 312 g/mol. The largest absolute Gasteiger partial charge is 0.478 e. The van der Waals surface area contributed by atoms with Crippen LogP contribution in [-0.2, 0) is 9.53 Å². The molecule has 0 saturated carbocycles. The maximum atomic E-state index is 11.3. The smallest absolute Gasteiger partial charge is 0.328 e. The summed E-state index contributed by atoms with van der Waals surface area (Å²) in [7, 11) is 1.54. The van der Waals surface area contributed by atoms with Crippen molar-refractivity contribution in [1.82, 2.24) is 0 Å². The van der Waals surface area contributed by atoms with Gasteiger partial charge in [-0.1, -0.05) is 41.5 Å². The van der Waals surface area contributed by atoms with Crippen LogP contribution in [0, 0.1) is 13.8 Å². The van der Waals surface area contributed by atoms with E-state index < -0.39 is 5.97 Å². The summed E-state index contributed by atoms with van der Waals surface area (Å²) in [6.45, 7) is 4.05. The van der Waals surface area contributed by atoms with Crippen LogP contribution < -0.4 is 4.74 Å². The van der Waals surface area contributed by atoms with Gasteiger partial charge in [0, 0.05) is 18.7 Å². The van der Waals surface area contributed by atoms with Crippen molar-refractivity contribution in [1.29, 1.82) is 0 Å². The highest BCUT2D eigenvalue weighted by Gasteiger charge is 2.13. The number of carboxylic acids is 1. The molecule has 0 spiro atoms. The molecule has 0 heterocycles. The highest BCUT2D eigenvalue weighted by atomic mass is 16.7. The fourth-order valence-electron chi connectivity index (χ4n) is 2.28. The van der Waals surface area contributed by atoms with E-state index in [0.717, 1.165) is 22.3 Å². The van der Waals surface area contributed by atoms with Crippen LogP contribution in [0.5, 0.6) is 5.75 Å². The predicted octanol–water partition coefficient (Wildman–Crippen LogP) is 3.80. The number of methoxy groups -OCH3 is 1. The first-order valence-corrected chi connectivity index (χ1v) is 7.25. The zero-order chi connectivity index (χ0) is 16.8. The second kappa shape index (κ2) is 7.61. The SMILES string of the molecule is COCOc1ccc(C)cc1C(=CC(=O)O)c1ccc(C)cc1. The minimum absolute atomic E-state index is 0.101. The topological polar surface area (TPSA) is 55.8 Å². The van der Waals surface area contributed by atoms with Crippen molar-refractivity contribution < 1.29 is 19.4 Å². The lowest BCUT2D eigenvalue weighted by Gasteiger charge is -2.15. The molecule has 2 aromatic carbocycles. The van der Waals surface area contributed by atoms with Gasteiger partial charge in [-0.25, -0.2) is 4.79 Å². The Balaban J connectivity index is 2.57. The van der Waals surface area contributed by atoms with Crippen molar-refractivity contribution in [3.05, 3.63) is 70.8 Å². The van der Waals surface area contributed by atoms with Crippen molar-refractivity contribution in [3.8, 4) is 5.75 Å². The maximum Gasteiger partial charge on any atom is 0.328 e. The van der Waals surface area contributed by atoms with Crippen molar-refractivity contribution >= 4 is 11.5 Å². The van der Waals surface area contributed by atoms with Crippen LogP contribution in [0.4, 0.5) is 0 Å². The first-order valence-electron chi connectivity index (χ1n) is 7.25. The molecule has 1 N–H and O–H groups in total. The third-order valence-electron chi connectivity index (χ3n) is 3.39. The fourth-order valence-corrected chi connectivity index (χ4v) is 2.28. The first-order chi connectivity index (χ1) is 11.0. The molecule has 0 saturated heterocycles. The number of carbonyl (C=O) groups is 1. The average molecular weight is 312 g/mol. The van der Waals surface area contributed by atoms with E-state index in [4.69, 9.17) is 9.47 Å².